The fourth-order valence-corrected chi connectivity index (χ4v) is 1.48. The van der Waals surface area contributed by atoms with E-state index in [0.717, 1.165) is 19.3 Å². The summed E-state index contributed by atoms with van der Waals surface area (Å²) in [5, 5.41) is 0. The Hall–Kier alpha value is 1.39. The number of unbranched alkanes of at least 4 members (excludes halogenated alkanes) is 2. The summed E-state index contributed by atoms with van der Waals surface area (Å²) in [6, 6.07) is 0. The molecule has 0 aromatic carbocycles. The minimum Gasteiger partial charge on any atom is -0.747 e. The second kappa shape index (κ2) is 7.76. The first-order valence-electron chi connectivity index (χ1n) is 3.57. The molecule has 0 fully saturated rings. The van der Waals surface area contributed by atoms with Gasteiger partial charge in [0.15, 0.2) is 0 Å². The van der Waals surface area contributed by atoms with E-state index in [1.165, 1.54) is 0 Å². The Labute approximate surface area is 104 Å². The number of hydrogen-bond donors (Lipinski definition) is 0. The van der Waals surface area contributed by atoms with Gasteiger partial charge in [0.05, 0.1) is 0 Å². The van der Waals surface area contributed by atoms with Gasteiger partial charge in [0.2, 0.25) is 0 Å². The first-order valence-corrected chi connectivity index (χ1v) is 5.96. The molecule has 0 N–H and O–H groups in total. The zero-order valence-corrected chi connectivity index (χ0v) is 11.8. The average molecular weight is 267 g/mol. The van der Waals surface area contributed by atoms with Crippen molar-refractivity contribution in [3.05, 3.63) is 0 Å². The summed E-state index contributed by atoms with van der Waals surface area (Å²) in [6.07, 6.45) is 3.20. The van der Waals surface area contributed by atoms with Crippen LogP contribution in [0.4, 0.5) is 0 Å². The summed E-state index contributed by atoms with van der Waals surface area (Å²) in [5.74, 6) is 0. The second-order valence-electron chi connectivity index (χ2n) is 2.40. The second-order valence-corrected chi connectivity index (χ2v) is 5.66. The van der Waals surface area contributed by atoms with Gasteiger partial charge in [0, 0.05) is 0 Å². The van der Waals surface area contributed by atoms with Crippen molar-refractivity contribution in [1.82, 2.24) is 0 Å². The van der Waals surface area contributed by atoms with E-state index in [-0.39, 0.29) is 29.6 Å². The SMILES string of the molecule is CCCCCC(Br)S(=O)(=O)[O-].[Na+]. The molecule has 0 radical (unpaired) electrons. The van der Waals surface area contributed by atoms with Crippen LogP contribution in [-0.2, 0) is 10.1 Å². The van der Waals surface area contributed by atoms with Crippen LogP contribution in [-0.4, -0.2) is 17.1 Å². The topological polar surface area (TPSA) is 57.2 Å². The van der Waals surface area contributed by atoms with E-state index < -0.39 is 14.3 Å². The molecule has 68 valence electrons. The normalized spacial score (nSPS) is 13.6. The maximum absolute atomic E-state index is 10.3. The third kappa shape index (κ3) is 8.01. The van der Waals surface area contributed by atoms with Gasteiger partial charge in [-0.25, -0.2) is 8.42 Å². The zero-order chi connectivity index (χ0) is 8.91. The van der Waals surface area contributed by atoms with E-state index >= 15 is 0 Å². The zero-order valence-electron chi connectivity index (χ0n) is 7.42. The smallest absolute Gasteiger partial charge is 0.747 e. The predicted molar refractivity (Wildman–Crippen MR) is 46.6 cm³/mol. The Morgan fingerprint density at radius 3 is 2.25 bits per heavy atom. The molecule has 0 aromatic heterocycles. The van der Waals surface area contributed by atoms with Crippen molar-refractivity contribution in [3.8, 4) is 0 Å². The van der Waals surface area contributed by atoms with Crippen molar-refractivity contribution in [3.63, 3.8) is 0 Å². The molecule has 0 saturated carbocycles. The number of rotatable bonds is 5. The molecular formula is C6H12BrNaO3S. The molecule has 1 unspecified atom stereocenters. The van der Waals surface area contributed by atoms with E-state index in [1.54, 1.807) is 0 Å². The standard InChI is InChI=1S/C6H13BrO3S.Na/c1-2-3-4-5-6(7)11(8,9)10;/h6H,2-5H2,1H3,(H,8,9,10);/q;+1/p-1. The monoisotopic (exact) mass is 266 g/mol. The summed E-state index contributed by atoms with van der Waals surface area (Å²) in [4.78, 5) is 0. The molecule has 0 spiro atoms. The molecule has 0 rings (SSSR count). The van der Waals surface area contributed by atoms with Crippen LogP contribution < -0.4 is 29.6 Å². The Kier molecular flexibility index (Phi) is 10.2. The van der Waals surface area contributed by atoms with E-state index in [0.29, 0.717) is 6.42 Å². The van der Waals surface area contributed by atoms with Crippen molar-refractivity contribution in [2.45, 2.75) is 36.8 Å². The van der Waals surface area contributed by atoms with Crippen LogP contribution in [0.5, 0.6) is 0 Å². The molecule has 6 heteroatoms. The fraction of sp³-hybridized carbons (Fsp3) is 1.00. The largest absolute Gasteiger partial charge is 1.00 e. The van der Waals surface area contributed by atoms with Crippen molar-refractivity contribution in [2.24, 2.45) is 0 Å². The van der Waals surface area contributed by atoms with Crippen molar-refractivity contribution in [2.75, 3.05) is 0 Å². The fourth-order valence-electron chi connectivity index (χ4n) is 0.699. The van der Waals surface area contributed by atoms with Gasteiger partial charge in [-0.05, 0) is 6.42 Å². The van der Waals surface area contributed by atoms with Crippen molar-refractivity contribution < 1.29 is 42.5 Å². The maximum atomic E-state index is 10.3. The van der Waals surface area contributed by atoms with Gasteiger partial charge in [-0.15, -0.1) is 0 Å². The molecule has 0 bridgehead atoms. The van der Waals surface area contributed by atoms with Crippen LogP contribution >= 0.6 is 15.9 Å². The Bertz CT molecular complexity index is 193. The predicted octanol–water partition coefficient (Wildman–Crippen LogP) is -1.16. The molecule has 0 aliphatic carbocycles. The molecule has 0 aliphatic heterocycles. The van der Waals surface area contributed by atoms with Crippen LogP contribution in [0.2, 0.25) is 0 Å². The molecule has 0 heterocycles. The van der Waals surface area contributed by atoms with Crippen LogP contribution in [0.15, 0.2) is 0 Å². The Morgan fingerprint density at radius 2 is 1.92 bits per heavy atom. The Morgan fingerprint density at radius 1 is 1.42 bits per heavy atom. The van der Waals surface area contributed by atoms with Gasteiger partial charge in [0.1, 0.15) is 14.3 Å². The number of halogens is 1. The van der Waals surface area contributed by atoms with Gasteiger partial charge in [-0.2, -0.15) is 0 Å². The van der Waals surface area contributed by atoms with E-state index in [1.807, 2.05) is 6.92 Å². The minimum atomic E-state index is -4.12. The minimum absolute atomic E-state index is 0. The Balaban J connectivity index is 0. The van der Waals surface area contributed by atoms with E-state index in [9.17, 15) is 13.0 Å². The summed E-state index contributed by atoms with van der Waals surface area (Å²) < 4.78 is 30.1. The van der Waals surface area contributed by atoms with Gasteiger partial charge in [-0.1, -0.05) is 42.1 Å². The summed E-state index contributed by atoms with van der Waals surface area (Å²) in [7, 11) is -4.12. The van der Waals surface area contributed by atoms with Crippen LogP contribution in [0.1, 0.15) is 32.6 Å². The van der Waals surface area contributed by atoms with Crippen LogP contribution in [0, 0.1) is 0 Å². The first-order chi connectivity index (χ1) is 4.98. The van der Waals surface area contributed by atoms with E-state index in [4.69, 9.17) is 0 Å². The van der Waals surface area contributed by atoms with Gasteiger partial charge in [-0.3, -0.25) is 0 Å². The van der Waals surface area contributed by atoms with E-state index in [2.05, 4.69) is 15.9 Å². The molecule has 0 saturated heterocycles. The maximum Gasteiger partial charge on any atom is 1.00 e. The third-order valence-corrected chi connectivity index (χ3v) is 4.04. The average Bonchev–Trinajstić information content (AvgIpc) is 1.86. The first kappa shape index (κ1) is 15.8. The molecule has 3 nitrogen and oxygen atoms in total. The third-order valence-electron chi connectivity index (χ3n) is 1.35. The number of alkyl halides is 1. The summed E-state index contributed by atoms with van der Waals surface area (Å²) >= 11 is 2.83. The van der Waals surface area contributed by atoms with Gasteiger partial charge < -0.3 is 4.55 Å². The number of hydrogen-bond acceptors (Lipinski definition) is 3. The van der Waals surface area contributed by atoms with Crippen LogP contribution in [0.25, 0.3) is 0 Å². The van der Waals surface area contributed by atoms with Gasteiger partial charge in [0.25, 0.3) is 0 Å². The molecule has 0 aromatic rings. The van der Waals surface area contributed by atoms with Crippen molar-refractivity contribution in [1.29, 1.82) is 0 Å². The van der Waals surface area contributed by atoms with Crippen molar-refractivity contribution >= 4 is 26.0 Å². The molecule has 0 aliphatic rings. The molecule has 0 amide bonds. The quantitative estimate of drug-likeness (QED) is 0.273. The summed E-state index contributed by atoms with van der Waals surface area (Å²) in [6.45, 7) is 2.02. The molecule has 1 atom stereocenters. The van der Waals surface area contributed by atoms with Crippen LogP contribution in [0.3, 0.4) is 0 Å². The summed E-state index contributed by atoms with van der Waals surface area (Å²) in [5.41, 5.74) is 0. The van der Waals surface area contributed by atoms with Gasteiger partial charge >= 0.3 is 29.6 Å². The molecule has 12 heavy (non-hydrogen) atoms. The molecular weight excluding hydrogens is 255 g/mol.